The van der Waals surface area contributed by atoms with Crippen molar-refractivity contribution < 1.29 is 9.72 Å². The quantitative estimate of drug-likeness (QED) is 0.619. The minimum atomic E-state index is -0.453. The number of carbonyl (C=O) groups is 1. The van der Waals surface area contributed by atoms with Gasteiger partial charge < -0.3 is 9.80 Å². The zero-order chi connectivity index (χ0) is 17.3. The van der Waals surface area contributed by atoms with Crippen molar-refractivity contribution in [1.82, 2.24) is 4.90 Å². The van der Waals surface area contributed by atoms with Crippen LogP contribution in [0, 0.1) is 10.1 Å². The van der Waals surface area contributed by atoms with E-state index in [0.717, 1.165) is 30.8 Å². The van der Waals surface area contributed by atoms with Crippen LogP contribution in [0.25, 0.3) is 0 Å². The monoisotopic (exact) mass is 349 g/mol. The summed E-state index contributed by atoms with van der Waals surface area (Å²) in [6.07, 6.45) is 1.94. The molecule has 1 aromatic rings. The molecular weight excluding hydrogens is 326 g/mol. The first-order chi connectivity index (χ1) is 11.5. The zero-order valence-corrected chi connectivity index (χ0v) is 14.9. The van der Waals surface area contributed by atoms with Crippen molar-refractivity contribution in [3.05, 3.63) is 33.9 Å². The Balaban J connectivity index is 1.96. The van der Waals surface area contributed by atoms with E-state index in [1.807, 2.05) is 11.8 Å². The topological polar surface area (TPSA) is 66.7 Å². The first-order valence-corrected chi connectivity index (χ1v) is 9.50. The number of rotatable bonds is 3. The SMILES string of the molecule is CC1SCCN(c2ccc([N+](=O)[O-])c(C(=O)N3CCCC3)c2)C1C. The summed E-state index contributed by atoms with van der Waals surface area (Å²) in [5.41, 5.74) is 1.03. The fourth-order valence-corrected chi connectivity index (χ4v) is 4.52. The minimum Gasteiger partial charge on any atom is -0.367 e. The third-order valence-corrected chi connectivity index (χ3v) is 6.35. The molecule has 130 valence electrons. The van der Waals surface area contributed by atoms with Crippen LogP contribution in [0.2, 0.25) is 0 Å². The fraction of sp³-hybridized carbons (Fsp3) is 0.588. The Kier molecular flexibility index (Phi) is 4.99. The van der Waals surface area contributed by atoms with Gasteiger partial charge in [-0.25, -0.2) is 0 Å². The molecule has 7 heteroatoms. The van der Waals surface area contributed by atoms with Crippen LogP contribution in [0.15, 0.2) is 18.2 Å². The van der Waals surface area contributed by atoms with Crippen LogP contribution >= 0.6 is 11.8 Å². The number of thioether (sulfide) groups is 1. The Hall–Kier alpha value is -1.76. The molecule has 2 atom stereocenters. The van der Waals surface area contributed by atoms with Crippen molar-refractivity contribution in [3.63, 3.8) is 0 Å². The summed E-state index contributed by atoms with van der Waals surface area (Å²) in [6.45, 7) is 6.64. The van der Waals surface area contributed by atoms with Gasteiger partial charge in [0.25, 0.3) is 11.6 Å². The van der Waals surface area contributed by atoms with Gasteiger partial charge in [0.05, 0.1) is 4.92 Å². The molecule has 0 spiro atoms. The predicted octanol–water partition coefficient (Wildman–Crippen LogP) is 3.16. The summed E-state index contributed by atoms with van der Waals surface area (Å²) in [5.74, 6) is 0.811. The maximum absolute atomic E-state index is 12.8. The molecule has 2 aliphatic rings. The van der Waals surface area contributed by atoms with Gasteiger partial charge in [-0.2, -0.15) is 11.8 Å². The molecule has 0 radical (unpaired) electrons. The van der Waals surface area contributed by atoms with Gasteiger partial charge in [0.1, 0.15) is 5.56 Å². The highest BCUT2D eigenvalue weighted by molar-refractivity contribution is 8.00. The van der Waals surface area contributed by atoms with E-state index in [4.69, 9.17) is 0 Å². The van der Waals surface area contributed by atoms with Gasteiger partial charge in [-0.1, -0.05) is 6.92 Å². The molecule has 1 amide bonds. The molecule has 0 aliphatic carbocycles. The van der Waals surface area contributed by atoms with E-state index in [1.165, 1.54) is 6.07 Å². The van der Waals surface area contributed by atoms with Gasteiger partial charge in [0.2, 0.25) is 0 Å². The van der Waals surface area contributed by atoms with Crippen molar-refractivity contribution in [3.8, 4) is 0 Å². The standard InChI is InChI=1S/C17H23N3O3S/c1-12-13(2)24-10-9-19(12)14-5-6-16(20(22)23)15(11-14)17(21)18-7-3-4-8-18/h5-6,11-13H,3-4,7-10H2,1-2H3. The van der Waals surface area contributed by atoms with Gasteiger partial charge in [-0.3, -0.25) is 14.9 Å². The number of likely N-dealkylation sites (tertiary alicyclic amines) is 1. The van der Waals surface area contributed by atoms with E-state index in [2.05, 4.69) is 18.7 Å². The molecule has 0 N–H and O–H groups in total. The fourth-order valence-electron chi connectivity index (χ4n) is 3.42. The number of nitro groups is 1. The normalized spacial score (nSPS) is 24.2. The Bertz CT molecular complexity index is 646. The Labute approximate surface area is 146 Å². The van der Waals surface area contributed by atoms with Crippen LogP contribution < -0.4 is 4.90 Å². The van der Waals surface area contributed by atoms with E-state index in [0.29, 0.717) is 24.4 Å². The van der Waals surface area contributed by atoms with Crippen molar-refractivity contribution in [2.75, 3.05) is 30.3 Å². The van der Waals surface area contributed by atoms with E-state index in [9.17, 15) is 14.9 Å². The highest BCUT2D eigenvalue weighted by Crippen LogP contribution is 2.32. The van der Waals surface area contributed by atoms with E-state index in [-0.39, 0.29) is 17.2 Å². The molecule has 6 nitrogen and oxygen atoms in total. The van der Waals surface area contributed by atoms with Gasteiger partial charge in [0.15, 0.2) is 0 Å². The molecule has 1 aromatic carbocycles. The predicted molar refractivity (Wildman–Crippen MR) is 97.0 cm³/mol. The van der Waals surface area contributed by atoms with Crippen LogP contribution in [0.4, 0.5) is 11.4 Å². The second-order valence-electron chi connectivity index (χ2n) is 6.47. The zero-order valence-electron chi connectivity index (χ0n) is 14.1. The number of nitro benzene ring substituents is 1. The van der Waals surface area contributed by atoms with Crippen LogP contribution in [-0.2, 0) is 0 Å². The van der Waals surface area contributed by atoms with Gasteiger partial charge in [-0.05, 0) is 31.9 Å². The van der Waals surface area contributed by atoms with Crippen molar-refractivity contribution in [1.29, 1.82) is 0 Å². The first kappa shape index (κ1) is 17.1. The van der Waals surface area contributed by atoms with Crippen LogP contribution in [0.3, 0.4) is 0 Å². The van der Waals surface area contributed by atoms with Crippen LogP contribution in [0.1, 0.15) is 37.0 Å². The van der Waals surface area contributed by atoms with Gasteiger partial charge >= 0.3 is 0 Å². The average Bonchev–Trinajstić information content (AvgIpc) is 3.10. The van der Waals surface area contributed by atoms with Crippen molar-refractivity contribution in [2.24, 2.45) is 0 Å². The highest BCUT2D eigenvalue weighted by atomic mass is 32.2. The number of carbonyl (C=O) groups excluding carboxylic acids is 1. The number of amides is 1. The summed E-state index contributed by atoms with van der Waals surface area (Å²) in [4.78, 5) is 27.6. The molecule has 2 aliphatic heterocycles. The lowest BCUT2D eigenvalue weighted by Crippen LogP contribution is -2.44. The number of nitrogens with zero attached hydrogens (tertiary/aromatic N) is 3. The molecule has 0 aromatic heterocycles. The lowest BCUT2D eigenvalue weighted by Gasteiger charge is -2.39. The summed E-state index contributed by atoms with van der Waals surface area (Å²) >= 11 is 1.94. The van der Waals surface area contributed by atoms with E-state index in [1.54, 1.807) is 17.0 Å². The van der Waals surface area contributed by atoms with Crippen molar-refractivity contribution >= 4 is 29.0 Å². The minimum absolute atomic E-state index is 0.0947. The molecule has 2 heterocycles. The van der Waals surface area contributed by atoms with Crippen LogP contribution in [0.5, 0.6) is 0 Å². The van der Waals surface area contributed by atoms with Gasteiger partial charge in [-0.15, -0.1) is 0 Å². The summed E-state index contributed by atoms with van der Waals surface area (Å²) in [5, 5.41) is 11.9. The number of anilines is 1. The summed E-state index contributed by atoms with van der Waals surface area (Å²) in [7, 11) is 0. The average molecular weight is 349 g/mol. The molecule has 2 fully saturated rings. The molecule has 3 rings (SSSR count). The highest BCUT2D eigenvalue weighted by Gasteiger charge is 2.30. The lowest BCUT2D eigenvalue weighted by atomic mass is 10.1. The second-order valence-corrected chi connectivity index (χ2v) is 7.95. The molecule has 2 saturated heterocycles. The van der Waals surface area contributed by atoms with E-state index >= 15 is 0 Å². The van der Waals surface area contributed by atoms with Gasteiger partial charge in [0, 0.05) is 48.4 Å². The van der Waals surface area contributed by atoms with E-state index < -0.39 is 4.92 Å². The maximum atomic E-state index is 12.8. The molecule has 0 bridgehead atoms. The van der Waals surface area contributed by atoms with Crippen molar-refractivity contribution in [2.45, 2.75) is 38.0 Å². The molecular formula is C17H23N3O3S. The molecule has 2 unspecified atom stereocenters. The number of hydrogen-bond acceptors (Lipinski definition) is 5. The number of hydrogen-bond donors (Lipinski definition) is 0. The molecule has 24 heavy (non-hydrogen) atoms. The third-order valence-electron chi connectivity index (χ3n) is 5.02. The first-order valence-electron chi connectivity index (χ1n) is 8.45. The second kappa shape index (κ2) is 7.01. The number of benzene rings is 1. The molecule has 0 saturated carbocycles. The Morgan fingerprint density at radius 3 is 2.62 bits per heavy atom. The maximum Gasteiger partial charge on any atom is 0.282 e. The smallest absolute Gasteiger partial charge is 0.282 e. The third kappa shape index (κ3) is 3.22. The lowest BCUT2D eigenvalue weighted by molar-refractivity contribution is -0.385. The summed E-state index contributed by atoms with van der Waals surface area (Å²) < 4.78 is 0. The summed E-state index contributed by atoms with van der Waals surface area (Å²) in [6, 6.07) is 5.31. The Morgan fingerprint density at radius 1 is 1.25 bits per heavy atom. The largest absolute Gasteiger partial charge is 0.367 e. The Morgan fingerprint density at radius 2 is 1.96 bits per heavy atom. The van der Waals surface area contributed by atoms with Crippen LogP contribution in [-0.4, -0.2) is 52.4 Å².